The fourth-order valence-electron chi connectivity index (χ4n) is 4.04. The Bertz CT molecular complexity index is 1460. The number of aromatic nitrogens is 1. The molecule has 0 spiro atoms. The lowest BCUT2D eigenvalue weighted by molar-refractivity contribution is 0.0954. The van der Waals surface area contributed by atoms with Crippen LogP contribution < -0.4 is 10.5 Å². The molecule has 1 amide bonds. The third kappa shape index (κ3) is 5.03. The Morgan fingerprint density at radius 3 is 2.26 bits per heavy atom. The molecular formula is C26H26FN3O3S. The third-order valence-corrected chi connectivity index (χ3v) is 7.04. The molecule has 0 saturated heterocycles. The summed E-state index contributed by atoms with van der Waals surface area (Å²) in [5.74, 6) is -0.434. The van der Waals surface area contributed by atoms with E-state index in [-0.39, 0.29) is 16.6 Å². The van der Waals surface area contributed by atoms with E-state index in [0.29, 0.717) is 25.1 Å². The number of nitrogens with one attached hydrogen (secondary N) is 1. The van der Waals surface area contributed by atoms with Crippen molar-refractivity contribution >= 4 is 26.8 Å². The lowest BCUT2D eigenvalue weighted by Crippen LogP contribution is -2.25. The standard InChI is InChI=1S/C26H26FN3O3S/c1-17-18(2)30(16-20-3-8-22(27)9-4-20)25-12-7-21(15-24(17)25)26(31)29-14-13-19-5-10-23(11-6-19)34(28,32)33/h3-12,15H,13-14,16H2,1-2H3,(H,29,31)(H2,28,32,33). The summed E-state index contributed by atoms with van der Waals surface area (Å²) in [4.78, 5) is 12.8. The van der Waals surface area contributed by atoms with Gasteiger partial charge in [0, 0.05) is 35.2 Å². The molecule has 0 aliphatic rings. The first-order valence-electron chi connectivity index (χ1n) is 10.9. The van der Waals surface area contributed by atoms with E-state index >= 15 is 0 Å². The summed E-state index contributed by atoms with van der Waals surface area (Å²) >= 11 is 0. The zero-order valence-corrected chi connectivity index (χ0v) is 19.8. The highest BCUT2D eigenvalue weighted by Gasteiger charge is 2.14. The molecule has 0 unspecified atom stereocenters. The maximum Gasteiger partial charge on any atom is 0.251 e. The predicted molar refractivity (Wildman–Crippen MR) is 131 cm³/mol. The maximum absolute atomic E-state index is 13.3. The van der Waals surface area contributed by atoms with Crippen molar-refractivity contribution in [2.24, 2.45) is 5.14 Å². The normalized spacial score (nSPS) is 11.6. The summed E-state index contributed by atoms with van der Waals surface area (Å²) in [6, 6.07) is 18.4. The van der Waals surface area contributed by atoms with Gasteiger partial charge in [-0.05, 0) is 79.4 Å². The summed E-state index contributed by atoms with van der Waals surface area (Å²) in [6.07, 6.45) is 0.561. The number of sulfonamides is 1. The molecule has 8 heteroatoms. The van der Waals surface area contributed by atoms with Crippen LogP contribution >= 0.6 is 0 Å². The Kier molecular flexibility index (Phi) is 6.54. The van der Waals surface area contributed by atoms with Gasteiger partial charge in [-0.25, -0.2) is 17.9 Å². The van der Waals surface area contributed by atoms with E-state index in [4.69, 9.17) is 5.14 Å². The molecule has 0 aliphatic carbocycles. The Labute approximate surface area is 198 Å². The van der Waals surface area contributed by atoms with Gasteiger partial charge in [0.05, 0.1) is 4.90 Å². The number of rotatable bonds is 7. The fourth-order valence-corrected chi connectivity index (χ4v) is 4.55. The van der Waals surface area contributed by atoms with Crippen molar-refractivity contribution < 1.29 is 17.6 Å². The van der Waals surface area contributed by atoms with Crippen LogP contribution in [0.1, 0.15) is 32.7 Å². The molecule has 1 heterocycles. The van der Waals surface area contributed by atoms with E-state index in [1.165, 1.54) is 24.3 Å². The van der Waals surface area contributed by atoms with Crippen LogP contribution in [-0.2, 0) is 23.0 Å². The highest BCUT2D eigenvalue weighted by atomic mass is 32.2. The van der Waals surface area contributed by atoms with E-state index in [1.54, 1.807) is 30.3 Å². The van der Waals surface area contributed by atoms with Crippen LogP contribution in [0.4, 0.5) is 4.39 Å². The van der Waals surface area contributed by atoms with Crippen LogP contribution in [0.15, 0.2) is 71.6 Å². The first-order chi connectivity index (χ1) is 16.1. The number of amides is 1. The molecule has 0 atom stereocenters. The van der Waals surface area contributed by atoms with E-state index in [0.717, 1.165) is 33.3 Å². The molecule has 3 N–H and O–H groups in total. The predicted octanol–water partition coefficient (Wildman–Crippen LogP) is 4.07. The molecule has 0 fully saturated rings. The van der Waals surface area contributed by atoms with E-state index < -0.39 is 10.0 Å². The summed E-state index contributed by atoms with van der Waals surface area (Å²) < 4.78 is 38.1. The van der Waals surface area contributed by atoms with Crippen LogP contribution in [-0.4, -0.2) is 25.4 Å². The Morgan fingerprint density at radius 1 is 0.971 bits per heavy atom. The first-order valence-corrected chi connectivity index (χ1v) is 12.4. The molecule has 3 aromatic carbocycles. The molecule has 176 valence electrons. The average molecular weight is 480 g/mol. The van der Waals surface area contributed by atoms with Crippen molar-refractivity contribution in [1.29, 1.82) is 0 Å². The number of hydrogen-bond acceptors (Lipinski definition) is 3. The number of primary sulfonamides is 1. The zero-order chi connectivity index (χ0) is 24.5. The summed E-state index contributed by atoms with van der Waals surface area (Å²) in [5, 5.41) is 9.04. The largest absolute Gasteiger partial charge is 0.352 e. The fraction of sp³-hybridized carbons (Fsp3) is 0.192. The van der Waals surface area contributed by atoms with Gasteiger partial charge in [0.15, 0.2) is 0 Å². The summed E-state index contributed by atoms with van der Waals surface area (Å²) in [6.45, 7) is 5.10. The number of nitrogens with two attached hydrogens (primary N) is 1. The highest BCUT2D eigenvalue weighted by molar-refractivity contribution is 7.89. The minimum atomic E-state index is -3.72. The van der Waals surface area contributed by atoms with E-state index in [2.05, 4.69) is 9.88 Å². The van der Waals surface area contributed by atoms with Gasteiger partial charge in [0.1, 0.15) is 5.82 Å². The molecular weight excluding hydrogens is 453 g/mol. The van der Waals surface area contributed by atoms with Gasteiger partial charge in [-0.3, -0.25) is 4.79 Å². The number of fused-ring (bicyclic) bond motifs is 1. The Morgan fingerprint density at radius 2 is 1.62 bits per heavy atom. The number of carbonyl (C=O) groups is 1. The third-order valence-electron chi connectivity index (χ3n) is 6.11. The maximum atomic E-state index is 13.3. The van der Waals surface area contributed by atoms with Crippen LogP contribution in [0, 0.1) is 19.7 Å². The van der Waals surface area contributed by atoms with Crippen molar-refractivity contribution in [1.82, 2.24) is 9.88 Å². The van der Waals surface area contributed by atoms with Gasteiger partial charge >= 0.3 is 0 Å². The van der Waals surface area contributed by atoms with Crippen molar-refractivity contribution in [3.05, 3.63) is 100 Å². The molecule has 0 radical (unpaired) electrons. The number of carbonyl (C=O) groups excluding carboxylic acids is 1. The van der Waals surface area contributed by atoms with Crippen LogP contribution in [0.25, 0.3) is 10.9 Å². The van der Waals surface area contributed by atoms with Gasteiger partial charge in [0.25, 0.3) is 5.91 Å². The van der Waals surface area contributed by atoms with Gasteiger partial charge in [-0.15, -0.1) is 0 Å². The van der Waals surface area contributed by atoms with Gasteiger partial charge in [0.2, 0.25) is 10.0 Å². The van der Waals surface area contributed by atoms with Gasteiger partial charge < -0.3 is 9.88 Å². The number of benzene rings is 3. The second-order valence-corrected chi connectivity index (χ2v) is 9.91. The Balaban J connectivity index is 1.46. The molecule has 4 rings (SSSR count). The molecule has 0 saturated carbocycles. The second kappa shape index (κ2) is 9.40. The SMILES string of the molecule is Cc1c(C)n(Cc2ccc(F)cc2)c2ccc(C(=O)NCCc3ccc(S(N)(=O)=O)cc3)cc12. The van der Waals surface area contributed by atoms with Gasteiger partial charge in [-0.1, -0.05) is 24.3 Å². The molecule has 0 bridgehead atoms. The molecule has 34 heavy (non-hydrogen) atoms. The topological polar surface area (TPSA) is 94.2 Å². The van der Waals surface area contributed by atoms with Crippen molar-refractivity contribution in [2.45, 2.75) is 31.7 Å². The Hall–Kier alpha value is -3.49. The van der Waals surface area contributed by atoms with Crippen LogP contribution in [0.5, 0.6) is 0 Å². The summed E-state index contributed by atoms with van der Waals surface area (Å²) in [5.41, 5.74) is 5.68. The number of nitrogens with zero attached hydrogens (tertiary/aromatic N) is 1. The summed E-state index contributed by atoms with van der Waals surface area (Å²) in [7, 11) is -3.72. The van der Waals surface area contributed by atoms with Gasteiger partial charge in [-0.2, -0.15) is 0 Å². The minimum absolute atomic E-state index is 0.0608. The van der Waals surface area contributed by atoms with Crippen molar-refractivity contribution in [3.8, 4) is 0 Å². The quantitative estimate of drug-likeness (QED) is 0.418. The number of halogens is 1. The molecule has 0 aliphatic heterocycles. The monoisotopic (exact) mass is 479 g/mol. The lowest BCUT2D eigenvalue weighted by atomic mass is 10.1. The van der Waals surface area contributed by atoms with Crippen molar-refractivity contribution in [3.63, 3.8) is 0 Å². The average Bonchev–Trinajstić information content (AvgIpc) is 3.04. The molecule has 4 aromatic rings. The van der Waals surface area contributed by atoms with E-state index in [9.17, 15) is 17.6 Å². The smallest absolute Gasteiger partial charge is 0.251 e. The minimum Gasteiger partial charge on any atom is -0.352 e. The van der Waals surface area contributed by atoms with Crippen LogP contribution in [0.3, 0.4) is 0 Å². The second-order valence-electron chi connectivity index (χ2n) is 8.35. The molecule has 6 nitrogen and oxygen atoms in total. The number of hydrogen-bond donors (Lipinski definition) is 2. The van der Waals surface area contributed by atoms with E-state index in [1.807, 2.05) is 26.0 Å². The van der Waals surface area contributed by atoms with Crippen LogP contribution in [0.2, 0.25) is 0 Å². The zero-order valence-electron chi connectivity index (χ0n) is 19.0. The lowest BCUT2D eigenvalue weighted by Gasteiger charge is -2.10. The molecule has 1 aromatic heterocycles. The van der Waals surface area contributed by atoms with Crippen molar-refractivity contribution in [2.75, 3.05) is 6.54 Å². The highest BCUT2D eigenvalue weighted by Crippen LogP contribution is 2.27. The number of aryl methyl sites for hydroxylation is 1. The first kappa shape index (κ1) is 23.7.